The van der Waals surface area contributed by atoms with Crippen molar-refractivity contribution in [3.05, 3.63) is 65.2 Å². The summed E-state index contributed by atoms with van der Waals surface area (Å²) in [4.78, 5) is 25.6. The van der Waals surface area contributed by atoms with Gasteiger partial charge in [0.1, 0.15) is 5.75 Å². The van der Waals surface area contributed by atoms with E-state index in [1.807, 2.05) is 36.4 Å². The quantitative estimate of drug-likeness (QED) is 0.886. The third-order valence-electron chi connectivity index (χ3n) is 3.78. The molecule has 5 heteroatoms. The number of rotatable bonds is 6. The molecule has 126 valence electrons. The van der Waals surface area contributed by atoms with E-state index in [0.29, 0.717) is 18.5 Å². The van der Waals surface area contributed by atoms with E-state index in [4.69, 9.17) is 4.74 Å². The average Bonchev–Trinajstić information content (AvgIpc) is 2.61. The van der Waals surface area contributed by atoms with Gasteiger partial charge in [0.25, 0.3) is 5.91 Å². The largest absolute Gasteiger partial charge is 0.497 e. The number of nitrogens with zero attached hydrogens (tertiary/aromatic N) is 1. The lowest BCUT2D eigenvalue weighted by Gasteiger charge is -2.17. The van der Waals surface area contributed by atoms with E-state index in [1.54, 1.807) is 38.2 Å². The Morgan fingerprint density at radius 3 is 2.42 bits per heavy atom. The van der Waals surface area contributed by atoms with Gasteiger partial charge in [-0.1, -0.05) is 24.3 Å². The SMILES string of the molecule is CNC(=O)c1ccc(CN(C)C(=O)Cc2cccc(OC)c2)cc1. The van der Waals surface area contributed by atoms with E-state index in [2.05, 4.69) is 5.32 Å². The van der Waals surface area contributed by atoms with Crippen molar-refractivity contribution in [2.75, 3.05) is 21.2 Å². The standard InChI is InChI=1S/C19H22N2O3/c1-20-19(23)16-9-7-14(8-10-16)13-21(2)18(22)12-15-5-4-6-17(11-15)24-3/h4-11H,12-13H2,1-3H3,(H,20,23). The first kappa shape index (κ1) is 17.5. The van der Waals surface area contributed by atoms with Crippen LogP contribution in [-0.4, -0.2) is 37.9 Å². The summed E-state index contributed by atoms with van der Waals surface area (Å²) >= 11 is 0. The molecule has 0 unspecified atom stereocenters. The number of amides is 2. The molecule has 1 N–H and O–H groups in total. The zero-order valence-corrected chi connectivity index (χ0v) is 14.2. The van der Waals surface area contributed by atoms with Gasteiger partial charge in [0.05, 0.1) is 13.5 Å². The molecule has 2 amide bonds. The van der Waals surface area contributed by atoms with E-state index < -0.39 is 0 Å². The maximum absolute atomic E-state index is 12.4. The second-order valence-corrected chi connectivity index (χ2v) is 5.55. The lowest BCUT2D eigenvalue weighted by molar-refractivity contribution is -0.129. The first-order chi connectivity index (χ1) is 11.5. The topological polar surface area (TPSA) is 58.6 Å². The summed E-state index contributed by atoms with van der Waals surface area (Å²) in [6.07, 6.45) is 0.323. The van der Waals surface area contributed by atoms with Crippen molar-refractivity contribution < 1.29 is 14.3 Å². The van der Waals surface area contributed by atoms with Crippen molar-refractivity contribution in [2.45, 2.75) is 13.0 Å². The molecule has 0 saturated carbocycles. The highest BCUT2D eigenvalue weighted by Gasteiger charge is 2.11. The second kappa shape index (κ2) is 8.15. The molecule has 0 radical (unpaired) electrons. The third kappa shape index (κ3) is 4.59. The van der Waals surface area contributed by atoms with Crippen LogP contribution in [0.25, 0.3) is 0 Å². The van der Waals surface area contributed by atoms with E-state index in [-0.39, 0.29) is 11.8 Å². The van der Waals surface area contributed by atoms with Gasteiger partial charge in [0, 0.05) is 26.2 Å². The number of carbonyl (C=O) groups excluding carboxylic acids is 2. The summed E-state index contributed by atoms with van der Waals surface area (Å²) in [6, 6.07) is 14.7. The number of methoxy groups -OCH3 is 1. The van der Waals surface area contributed by atoms with Gasteiger partial charge in [0.2, 0.25) is 5.91 Å². The summed E-state index contributed by atoms with van der Waals surface area (Å²) in [7, 11) is 4.98. The van der Waals surface area contributed by atoms with Crippen molar-refractivity contribution in [1.82, 2.24) is 10.2 Å². The number of likely N-dealkylation sites (N-methyl/N-ethyl adjacent to an activating group) is 1. The number of nitrogens with one attached hydrogen (secondary N) is 1. The Balaban J connectivity index is 1.96. The summed E-state index contributed by atoms with van der Waals surface area (Å²) in [5.41, 5.74) is 2.50. The van der Waals surface area contributed by atoms with Crippen LogP contribution in [-0.2, 0) is 17.8 Å². The summed E-state index contributed by atoms with van der Waals surface area (Å²) in [5, 5.41) is 2.58. The molecule has 0 fully saturated rings. The van der Waals surface area contributed by atoms with Gasteiger partial charge in [-0.25, -0.2) is 0 Å². The van der Waals surface area contributed by atoms with Crippen molar-refractivity contribution in [3.63, 3.8) is 0 Å². The Kier molecular flexibility index (Phi) is 5.95. The van der Waals surface area contributed by atoms with Crippen LogP contribution in [0.5, 0.6) is 5.75 Å². The van der Waals surface area contributed by atoms with Crippen LogP contribution in [0, 0.1) is 0 Å². The molecule has 0 aliphatic rings. The Hall–Kier alpha value is -2.82. The predicted molar refractivity (Wildman–Crippen MR) is 93.0 cm³/mol. The third-order valence-corrected chi connectivity index (χ3v) is 3.78. The maximum Gasteiger partial charge on any atom is 0.251 e. The molecule has 2 aromatic carbocycles. The molecule has 0 atom stereocenters. The van der Waals surface area contributed by atoms with Crippen molar-refractivity contribution >= 4 is 11.8 Å². The van der Waals surface area contributed by atoms with Crippen molar-refractivity contribution in [1.29, 1.82) is 0 Å². The Morgan fingerprint density at radius 2 is 1.79 bits per heavy atom. The van der Waals surface area contributed by atoms with Crippen molar-refractivity contribution in [2.24, 2.45) is 0 Å². The van der Waals surface area contributed by atoms with Gasteiger partial charge >= 0.3 is 0 Å². The molecular weight excluding hydrogens is 304 g/mol. The molecular formula is C19H22N2O3. The van der Waals surface area contributed by atoms with Crippen LogP contribution >= 0.6 is 0 Å². The fourth-order valence-corrected chi connectivity index (χ4v) is 2.36. The van der Waals surface area contributed by atoms with Crippen molar-refractivity contribution in [3.8, 4) is 5.75 Å². The molecule has 2 aromatic rings. The highest BCUT2D eigenvalue weighted by atomic mass is 16.5. The van der Waals surface area contributed by atoms with Gasteiger partial charge in [-0.3, -0.25) is 9.59 Å². The van der Waals surface area contributed by atoms with Crippen LogP contribution in [0.4, 0.5) is 0 Å². The van der Waals surface area contributed by atoms with Crippen LogP contribution in [0.15, 0.2) is 48.5 Å². The molecule has 0 aliphatic heterocycles. The molecule has 0 aromatic heterocycles. The Bertz CT molecular complexity index is 711. The van der Waals surface area contributed by atoms with Crippen LogP contribution in [0.2, 0.25) is 0 Å². The monoisotopic (exact) mass is 326 g/mol. The van der Waals surface area contributed by atoms with Gasteiger partial charge in [0.15, 0.2) is 0 Å². The van der Waals surface area contributed by atoms with E-state index in [0.717, 1.165) is 16.9 Å². The summed E-state index contributed by atoms with van der Waals surface area (Å²) in [5.74, 6) is 0.648. The predicted octanol–water partition coefficient (Wildman–Crippen LogP) is 2.26. The van der Waals surface area contributed by atoms with Gasteiger partial charge < -0.3 is 15.0 Å². The minimum atomic E-state index is -0.121. The minimum Gasteiger partial charge on any atom is -0.497 e. The Labute approximate surface area is 142 Å². The summed E-state index contributed by atoms with van der Waals surface area (Å²) in [6.45, 7) is 0.497. The number of hydrogen-bond acceptors (Lipinski definition) is 3. The molecule has 5 nitrogen and oxygen atoms in total. The molecule has 0 bridgehead atoms. The molecule has 2 rings (SSSR count). The number of hydrogen-bond donors (Lipinski definition) is 1. The summed E-state index contributed by atoms with van der Waals surface area (Å²) < 4.78 is 5.17. The van der Waals surface area contributed by atoms with Gasteiger partial charge in [-0.15, -0.1) is 0 Å². The maximum atomic E-state index is 12.4. The van der Waals surface area contributed by atoms with Crippen LogP contribution in [0.3, 0.4) is 0 Å². The molecule has 24 heavy (non-hydrogen) atoms. The minimum absolute atomic E-state index is 0.0265. The van der Waals surface area contributed by atoms with E-state index in [1.165, 1.54) is 0 Å². The molecule has 0 saturated heterocycles. The van der Waals surface area contributed by atoms with E-state index in [9.17, 15) is 9.59 Å². The van der Waals surface area contributed by atoms with Gasteiger partial charge in [-0.05, 0) is 35.4 Å². The highest BCUT2D eigenvalue weighted by molar-refractivity contribution is 5.93. The lowest BCUT2D eigenvalue weighted by Crippen LogP contribution is -2.27. The first-order valence-corrected chi connectivity index (χ1v) is 7.71. The molecule has 0 spiro atoms. The highest BCUT2D eigenvalue weighted by Crippen LogP contribution is 2.14. The zero-order chi connectivity index (χ0) is 17.5. The first-order valence-electron chi connectivity index (χ1n) is 7.71. The smallest absolute Gasteiger partial charge is 0.251 e. The zero-order valence-electron chi connectivity index (χ0n) is 14.2. The molecule has 0 heterocycles. The second-order valence-electron chi connectivity index (χ2n) is 5.55. The number of ether oxygens (including phenoxy) is 1. The van der Waals surface area contributed by atoms with E-state index >= 15 is 0 Å². The van der Waals surface area contributed by atoms with Crippen LogP contribution < -0.4 is 10.1 Å². The molecule has 0 aliphatic carbocycles. The van der Waals surface area contributed by atoms with Crippen LogP contribution in [0.1, 0.15) is 21.5 Å². The number of benzene rings is 2. The normalized spacial score (nSPS) is 10.1. The lowest BCUT2D eigenvalue weighted by atomic mass is 10.1. The average molecular weight is 326 g/mol. The fraction of sp³-hybridized carbons (Fsp3) is 0.263. The Morgan fingerprint density at radius 1 is 1.08 bits per heavy atom. The van der Waals surface area contributed by atoms with Gasteiger partial charge in [-0.2, -0.15) is 0 Å². The number of carbonyl (C=O) groups is 2. The fourth-order valence-electron chi connectivity index (χ4n) is 2.36.